The highest BCUT2D eigenvalue weighted by molar-refractivity contribution is 5.97. The average Bonchev–Trinajstić information content (AvgIpc) is 3.60. The van der Waals surface area contributed by atoms with Gasteiger partial charge in [0.05, 0.1) is 24.1 Å². The van der Waals surface area contributed by atoms with E-state index in [1.807, 2.05) is 4.68 Å². The number of hydrazine groups is 1. The Kier molecular flexibility index (Phi) is 6.96. The van der Waals surface area contributed by atoms with Crippen LogP contribution in [0.1, 0.15) is 41.5 Å². The number of nitrogens with zero attached hydrogens (tertiary/aromatic N) is 6. The normalized spacial score (nSPS) is 12.7. The predicted octanol–water partition coefficient (Wildman–Crippen LogP) is 3.22. The number of carbonyl (C=O) groups is 2. The fourth-order valence-corrected chi connectivity index (χ4v) is 4.29. The number of nitrogens with one attached hydrogen (secondary N) is 3. The molecule has 1 saturated carbocycles. The third-order valence-corrected chi connectivity index (χ3v) is 6.35. The van der Waals surface area contributed by atoms with Gasteiger partial charge in [-0.2, -0.15) is 10.2 Å². The van der Waals surface area contributed by atoms with Crippen LogP contribution in [0.3, 0.4) is 0 Å². The lowest BCUT2D eigenvalue weighted by molar-refractivity contribution is -0.119. The number of rotatable bonds is 8. The van der Waals surface area contributed by atoms with E-state index in [0.29, 0.717) is 58.3 Å². The van der Waals surface area contributed by atoms with Crippen LogP contribution in [-0.4, -0.2) is 48.5 Å². The summed E-state index contributed by atoms with van der Waals surface area (Å²) in [7, 11) is 1.56. The molecular weight excluding hydrogens is 505 g/mol. The summed E-state index contributed by atoms with van der Waals surface area (Å²) >= 11 is 0. The zero-order valence-corrected chi connectivity index (χ0v) is 21.9. The van der Waals surface area contributed by atoms with Crippen LogP contribution in [0, 0.1) is 25.6 Å². The maximum Gasteiger partial charge on any atom is 0.273 e. The first kappa shape index (κ1) is 25.8. The summed E-state index contributed by atoms with van der Waals surface area (Å²) in [4.78, 5) is 32.5. The van der Waals surface area contributed by atoms with Gasteiger partial charge in [-0.3, -0.25) is 20.4 Å². The first-order valence-electron chi connectivity index (χ1n) is 12.4. The van der Waals surface area contributed by atoms with Gasteiger partial charge in [-0.05, 0) is 56.9 Å². The predicted molar refractivity (Wildman–Crippen MR) is 140 cm³/mol. The summed E-state index contributed by atoms with van der Waals surface area (Å²) in [5.41, 5.74) is 7.29. The van der Waals surface area contributed by atoms with E-state index in [-0.39, 0.29) is 5.82 Å². The Morgan fingerprint density at radius 3 is 2.51 bits per heavy atom. The second-order valence-corrected chi connectivity index (χ2v) is 9.34. The zero-order chi connectivity index (χ0) is 27.7. The van der Waals surface area contributed by atoms with Gasteiger partial charge in [-0.25, -0.2) is 23.7 Å². The number of carbonyl (C=O) groups excluding carboxylic acids is 2. The first-order valence-corrected chi connectivity index (χ1v) is 12.4. The SMILES string of the molecule is COc1c(-c2ccc(F)cc2)nn(CC2CC2)c1Nc1cc(-n2nc(C)c(C(=O)NNC(C)=O)c2C)ncn1. The van der Waals surface area contributed by atoms with E-state index >= 15 is 0 Å². The summed E-state index contributed by atoms with van der Waals surface area (Å²) < 4.78 is 22.7. The number of hydrogen-bond donors (Lipinski definition) is 3. The first-order chi connectivity index (χ1) is 18.7. The molecule has 1 aliphatic carbocycles. The summed E-state index contributed by atoms with van der Waals surface area (Å²) in [6.45, 7) is 5.43. The number of aryl methyl sites for hydroxylation is 1. The number of methoxy groups -OCH3 is 1. The van der Waals surface area contributed by atoms with Crippen molar-refractivity contribution in [3.63, 3.8) is 0 Å². The van der Waals surface area contributed by atoms with Gasteiger partial charge in [0, 0.05) is 25.1 Å². The number of halogens is 1. The summed E-state index contributed by atoms with van der Waals surface area (Å²) in [6, 6.07) is 7.79. The molecule has 1 fully saturated rings. The Hall–Kier alpha value is -4.81. The second kappa shape index (κ2) is 10.5. The molecule has 1 aromatic carbocycles. The highest BCUT2D eigenvalue weighted by Crippen LogP contribution is 2.40. The maximum absolute atomic E-state index is 13.6. The molecule has 13 heteroatoms. The van der Waals surface area contributed by atoms with Gasteiger partial charge in [0.2, 0.25) is 5.91 Å². The van der Waals surface area contributed by atoms with Gasteiger partial charge in [0.1, 0.15) is 23.7 Å². The van der Waals surface area contributed by atoms with Crippen LogP contribution in [-0.2, 0) is 11.3 Å². The van der Waals surface area contributed by atoms with Crippen LogP contribution in [0.25, 0.3) is 17.1 Å². The summed E-state index contributed by atoms with van der Waals surface area (Å²) in [5.74, 6) is 1.31. The van der Waals surface area contributed by atoms with E-state index in [1.165, 1.54) is 30.1 Å². The molecule has 0 saturated heterocycles. The lowest BCUT2D eigenvalue weighted by atomic mass is 10.1. The molecule has 0 aliphatic heterocycles. The molecule has 5 rings (SSSR count). The maximum atomic E-state index is 13.6. The van der Waals surface area contributed by atoms with Gasteiger partial charge in [-0.1, -0.05) is 0 Å². The number of anilines is 2. The van der Waals surface area contributed by atoms with Crippen molar-refractivity contribution in [1.29, 1.82) is 0 Å². The van der Waals surface area contributed by atoms with Crippen LogP contribution in [0.5, 0.6) is 5.75 Å². The van der Waals surface area contributed by atoms with Crippen molar-refractivity contribution in [1.82, 2.24) is 40.4 Å². The molecule has 0 bridgehead atoms. The average molecular weight is 534 g/mol. The lowest BCUT2D eigenvalue weighted by Gasteiger charge is -2.12. The largest absolute Gasteiger partial charge is 0.491 e. The third-order valence-electron chi connectivity index (χ3n) is 6.35. The van der Waals surface area contributed by atoms with Gasteiger partial charge in [0.15, 0.2) is 17.4 Å². The minimum Gasteiger partial charge on any atom is -0.491 e. The Labute approximate surface area is 223 Å². The van der Waals surface area contributed by atoms with Crippen molar-refractivity contribution in [3.8, 4) is 22.8 Å². The number of ether oxygens (including phenoxy) is 1. The van der Waals surface area contributed by atoms with E-state index in [9.17, 15) is 14.0 Å². The molecule has 0 radical (unpaired) electrons. The molecule has 3 aromatic heterocycles. The molecule has 4 aromatic rings. The van der Waals surface area contributed by atoms with Crippen LogP contribution in [0.15, 0.2) is 36.7 Å². The van der Waals surface area contributed by atoms with Gasteiger partial charge < -0.3 is 10.1 Å². The quantitative estimate of drug-likeness (QED) is 0.293. The molecule has 12 nitrogen and oxygen atoms in total. The third kappa shape index (κ3) is 5.42. The van der Waals surface area contributed by atoms with Gasteiger partial charge in [-0.15, -0.1) is 0 Å². The smallest absolute Gasteiger partial charge is 0.273 e. The van der Waals surface area contributed by atoms with E-state index in [0.717, 1.165) is 18.4 Å². The monoisotopic (exact) mass is 533 g/mol. The second-order valence-electron chi connectivity index (χ2n) is 9.34. The van der Waals surface area contributed by atoms with Crippen molar-refractivity contribution in [2.24, 2.45) is 5.92 Å². The fraction of sp³-hybridized carbons (Fsp3) is 0.308. The molecule has 3 heterocycles. The standard InChI is InChI=1S/C26H28FN9O3/c1-14-22(26(38)32-31-16(3)37)15(2)36(33-14)21-11-20(28-13-29-21)30-25-24(39-4)23(18-7-9-19(27)10-8-18)34-35(25)12-17-5-6-17/h7-11,13,17H,5-6,12H2,1-4H3,(H,31,37)(H,32,38)(H,28,29,30). The van der Waals surface area contributed by atoms with E-state index in [4.69, 9.17) is 9.84 Å². The van der Waals surface area contributed by atoms with Crippen LogP contribution < -0.4 is 20.9 Å². The number of aromatic nitrogens is 6. The van der Waals surface area contributed by atoms with Crippen molar-refractivity contribution < 1.29 is 18.7 Å². The van der Waals surface area contributed by atoms with Gasteiger partial charge >= 0.3 is 0 Å². The summed E-state index contributed by atoms with van der Waals surface area (Å²) in [6.07, 6.45) is 3.64. The van der Waals surface area contributed by atoms with Crippen LogP contribution in [0.2, 0.25) is 0 Å². The van der Waals surface area contributed by atoms with Crippen molar-refractivity contribution in [3.05, 3.63) is 59.4 Å². The zero-order valence-electron chi connectivity index (χ0n) is 21.9. The Morgan fingerprint density at radius 2 is 1.85 bits per heavy atom. The minimum absolute atomic E-state index is 0.324. The molecule has 1 aliphatic rings. The molecule has 202 valence electrons. The topological polar surface area (TPSA) is 141 Å². The van der Waals surface area contributed by atoms with Crippen molar-refractivity contribution in [2.75, 3.05) is 12.4 Å². The Bertz CT molecular complexity index is 1540. The van der Waals surface area contributed by atoms with E-state index < -0.39 is 11.8 Å². The van der Waals surface area contributed by atoms with Crippen molar-refractivity contribution >= 4 is 23.5 Å². The van der Waals surface area contributed by atoms with Crippen LogP contribution in [0.4, 0.5) is 16.0 Å². The number of amides is 2. The Morgan fingerprint density at radius 1 is 1.10 bits per heavy atom. The molecule has 3 N–H and O–H groups in total. The molecule has 0 atom stereocenters. The lowest BCUT2D eigenvalue weighted by Crippen LogP contribution is -2.40. The molecule has 0 unspecified atom stereocenters. The minimum atomic E-state index is -0.485. The van der Waals surface area contributed by atoms with Crippen LogP contribution >= 0.6 is 0 Å². The molecule has 2 amide bonds. The molecule has 0 spiro atoms. The summed E-state index contributed by atoms with van der Waals surface area (Å²) in [5, 5.41) is 12.6. The van der Waals surface area contributed by atoms with Crippen molar-refractivity contribution in [2.45, 2.75) is 40.2 Å². The number of hydrogen-bond acceptors (Lipinski definition) is 8. The highest BCUT2D eigenvalue weighted by Gasteiger charge is 2.28. The van der Waals surface area contributed by atoms with Gasteiger partial charge in [0.25, 0.3) is 5.91 Å². The number of benzene rings is 1. The molecular formula is C26H28FN9O3. The highest BCUT2D eigenvalue weighted by atomic mass is 19.1. The van der Waals surface area contributed by atoms with E-state index in [2.05, 4.69) is 31.2 Å². The molecule has 39 heavy (non-hydrogen) atoms. The Balaban J connectivity index is 1.48. The van der Waals surface area contributed by atoms with E-state index in [1.54, 1.807) is 39.2 Å². The fourth-order valence-electron chi connectivity index (χ4n) is 4.29.